The first kappa shape index (κ1) is 13.3. The molecule has 1 aromatic carbocycles. The molecule has 0 aliphatic heterocycles. The number of likely N-dealkylation sites (N-methyl/N-ethyl adjacent to an activating group) is 1. The highest BCUT2D eigenvalue weighted by Gasteiger charge is 2.10. The van der Waals surface area contributed by atoms with Crippen LogP contribution in [-0.2, 0) is 4.79 Å². The summed E-state index contributed by atoms with van der Waals surface area (Å²) in [6.07, 6.45) is 0.541. The molecule has 2 N–H and O–H groups in total. The van der Waals surface area contributed by atoms with Gasteiger partial charge < -0.3 is 19.8 Å². The standard InChI is InChI=1S/C12H17NO4/c1-13(7-4-8-14)12(16)9-17-11-6-3-2-5-10(11)15/h2-3,5-6,14-15H,4,7-9H2,1H3. The summed E-state index contributed by atoms with van der Waals surface area (Å²) in [5.41, 5.74) is 0. The van der Waals surface area contributed by atoms with Crippen LogP contribution in [0.4, 0.5) is 0 Å². The van der Waals surface area contributed by atoms with Gasteiger partial charge >= 0.3 is 0 Å². The predicted molar refractivity (Wildman–Crippen MR) is 62.9 cm³/mol. The van der Waals surface area contributed by atoms with Gasteiger partial charge in [-0.3, -0.25) is 4.79 Å². The van der Waals surface area contributed by atoms with E-state index in [1.165, 1.54) is 11.0 Å². The number of hydrogen-bond acceptors (Lipinski definition) is 4. The third-order valence-corrected chi connectivity index (χ3v) is 2.29. The monoisotopic (exact) mass is 239 g/mol. The van der Waals surface area contributed by atoms with Crippen molar-refractivity contribution in [3.05, 3.63) is 24.3 Å². The number of phenolic OH excluding ortho intramolecular Hbond substituents is 1. The Morgan fingerprint density at radius 3 is 2.76 bits per heavy atom. The van der Waals surface area contributed by atoms with Gasteiger partial charge in [-0.2, -0.15) is 0 Å². The molecule has 0 aromatic heterocycles. The van der Waals surface area contributed by atoms with E-state index in [-0.39, 0.29) is 30.6 Å². The number of aliphatic hydroxyl groups excluding tert-OH is 1. The molecule has 0 aliphatic rings. The van der Waals surface area contributed by atoms with E-state index in [1.54, 1.807) is 25.2 Å². The molecular weight excluding hydrogens is 222 g/mol. The van der Waals surface area contributed by atoms with Gasteiger partial charge in [0.25, 0.3) is 5.91 Å². The molecule has 0 radical (unpaired) electrons. The van der Waals surface area contributed by atoms with Crippen molar-refractivity contribution in [2.75, 3.05) is 26.8 Å². The first-order valence-electron chi connectivity index (χ1n) is 5.40. The maximum atomic E-state index is 11.6. The molecule has 0 heterocycles. The summed E-state index contributed by atoms with van der Waals surface area (Å²) in [5, 5.41) is 18.1. The van der Waals surface area contributed by atoms with E-state index in [2.05, 4.69) is 0 Å². The number of phenols is 1. The first-order valence-corrected chi connectivity index (χ1v) is 5.40. The van der Waals surface area contributed by atoms with Crippen molar-refractivity contribution in [3.8, 4) is 11.5 Å². The minimum atomic E-state index is -0.193. The van der Waals surface area contributed by atoms with Crippen molar-refractivity contribution in [2.45, 2.75) is 6.42 Å². The van der Waals surface area contributed by atoms with Crippen LogP contribution >= 0.6 is 0 Å². The maximum absolute atomic E-state index is 11.6. The molecule has 0 atom stereocenters. The summed E-state index contributed by atoms with van der Waals surface area (Å²) < 4.78 is 5.20. The summed E-state index contributed by atoms with van der Waals surface area (Å²) in [7, 11) is 1.65. The Kier molecular flexibility index (Phi) is 5.29. The lowest BCUT2D eigenvalue weighted by molar-refractivity contribution is -0.132. The SMILES string of the molecule is CN(CCCO)C(=O)COc1ccccc1O. The molecule has 1 aromatic rings. The second-order valence-corrected chi connectivity index (χ2v) is 3.65. The van der Waals surface area contributed by atoms with Crippen molar-refractivity contribution in [2.24, 2.45) is 0 Å². The van der Waals surface area contributed by atoms with E-state index < -0.39 is 0 Å². The average molecular weight is 239 g/mol. The summed E-state index contributed by atoms with van der Waals surface area (Å²) in [6, 6.07) is 6.48. The number of para-hydroxylation sites is 2. The Bertz CT molecular complexity index is 367. The van der Waals surface area contributed by atoms with E-state index in [1.807, 2.05) is 0 Å². The molecule has 94 valence electrons. The highest BCUT2D eigenvalue weighted by molar-refractivity contribution is 5.77. The van der Waals surface area contributed by atoms with Crippen LogP contribution in [0.3, 0.4) is 0 Å². The Balaban J connectivity index is 2.40. The van der Waals surface area contributed by atoms with Crippen LogP contribution in [0.1, 0.15) is 6.42 Å². The zero-order valence-electron chi connectivity index (χ0n) is 9.80. The number of amides is 1. The third kappa shape index (κ3) is 4.32. The Morgan fingerprint density at radius 1 is 1.41 bits per heavy atom. The number of nitrogens with zero attached hydrogens (tertiary/aromatic N) is 1. The first-order chi connectivity index (χ1) is 8.15. The number of carbonyl (C=O) groups excluding carboxylic acids is 1. The summed E-state index contributed by atoms with van der Waals surface area (Å²) >= 11 is 0. The molecule has 0 aliphatic carbocycles. The quantitative estimate of drug-likeness (QED) is 0.763. The number of ether oxygens (including phenoxy) is 1. The van der Waals surface area contributed by atoms with Crippen LogP contribution in [0.2, 0.25) is 0 Å². The third-order valence-electron chi connectivity index (χ3n) is 2.29. The zero-order valence-corrected chi connectivity index (χ0v) is 9.80. The average Bonchev–Trinajstić information content (AvgIpc) is 2.34. The highest BCUT2D eigenvalue weighted by Crippen LogP contribution is 2.24. The summed E-state index contributed by atoms with van der Waals surface area (Å²) in [4.78, 5) is 13.1. The molecule has 0 unspecified atom stereocenters. The van der Waals surface area contributed by atoms with Crippen molar-refractivity contribution in [3.63, 3.8) is 0 Å². The normalized spacial score (nSPS) is 10.0. The number of aliphatic hydroxyl groups is 1. The molecule has 0 saturated heterocycles. The fourth-order valence-corrected chi connectivity index (χ4v) is 1.26. The molecule has 5 nitrogen and oxygen atoms in total. The van der Waals surface area contributed by atoms with Gasteiger partial charge in [-0.25, -0.2) is 0 Å². The highest BCUT2D eigenvalue weighted by atomic mass is 16.5. The predicted octanol–water partition coefficient (Wildman–Crippen LogP) is 0.612. The zero-order chi connectivity index (χ0) is 12.7. The van der Waals surface area contributed by atoms with E-state index in [0.717, 1.165) is 0 Å². The summed E-state index contributed by atoms with van der Waals surface area (Å²) in [6.45, 7) is 0.414. The maximum Gasteiger partial charge on any atom is 0.260 e. The van der Waals surface area contributed by atoms with Gasteiger partial charge in [0.1, 0.15) is 0 Å². The lowest BCUT2D eigenvalue weighted by atomic mass is 10.3. The topological polar surface area (TPSA) is 70.0 Å². The van der Waals surface area contributed by atoms with Crippen LogP contribution in [0.25, 0.3) is 0 Å². The van der Waals surface area contributed by atoms with E-state index in [9.17, 15) is 9.90 Å². The Morgan fingerprint density at radius 2 is 2.12 bits per heavy atom. The van der Waals surface area contributed by atoms with Gasteiger partial charge in [-0.15, -0.1) is 0 Å². The van der Waals surface area contributed by atoms with E-state index >= 15 is 0 Å². The van der Waals surface area contributed by atoms with Crippen LogP contribution in [0.15, 0.2) is 24.3 Å². The molecule has 0 bridgehead atoms. The minimum Gasteiger partial charge on any atom is -0.504 e. The fourth-order valence-electron chi connectivity index (χ4n) is 1.26. The minimum absolute atomic E-state index is 0.0123. The van der Waals surface area contributed by atoms with Gasteiger partial charge in [0, 0.05) is 20.2 Å². The van der Waals surface area contributed by atoms with E-state index in [4.69, 9.17) is 9.84 Å². The van der Waals surface area contributed by atoms with Crippen molar-refractivity contribution in [1.29, 1.82) is 0 Å². The van der Waals surface area contributed by atoms with Gasteiger partial charge in [0.2, 0.25) is 0 Å². The summed E-state index contributed by atoms with van der Waals surface area (Å²) in [5.74, 6) is 0.108. The number of aromatic hydroxyl groups is 1. The molecule has 17 heavy (non-hydrogen) atoms. The lowest BCUT2D eigenvalue weighted by Gasteiger charge is -2.16. The Hall–Kier alpha value is -1.75. The molecule has 0 spiro atoms. The molecule has 1 amide bonds. The van der Waals surface area contributed by atoms with Crippen LogP contribution in [0.5, 0.6) is 11.5 Å². The second-order valence-electron chi connectivity index (χ2n) is 3.65. The fraction of sp³-hybridized carbons (Fsp3) is 0.417. The number of hydrogen-bond donors (Lipinski definition) is 2. The van der Waals surface area contributed by atoms with Crippen LogP contribution < -0.4 is 4.74 Å². The van der Waals surface area contributed by atoms with Crippen molar-refractivity contribution >= 4 is 5.91 Å². The Labute approximate surface area is 100 Å². The molecule has 0 fully saturated rings. The largest absolute Gasteiger partial charge is 0.504 e. The molecule has 0 saturated carbocycles. The molecular formula is C12H17NO4. The van der Waals surface area contributed by atoms with Crippen LogP contribution in [0, 0.1) is 0 Å². The van der Waals surface area contributed by atoms with Crippen molar-refractivity contribution in [1.82, 2.24) is 4.90 Å². The van der Waals surface area contributed by atoms with Crippen molar-refractivity contribution < 1.29 is 19.7 Å². The van der Waals surface area contributed by atoms with Gasteiger partial charge in [-0.05, 0) is 18.6 Å². The lowest BCUT2D eigenvalue weighted by Crippen LogP contribution is -2.32. The number of rotatable bonds is 6. The van der Waals surface area contributed by atoms with E-state index in [0.29, 0.717) is 13.0 Å². The number of carbonyl (C=O) groups is 1. The van der Waals surface area contributed by atoms with Gasteiger partial charge in [-0.1, -0.05) is 12.1 Å². The second kappa shape index (κ2) is 6.75. The molecule has 5 heteroatoms. The molecule has 1 rings (SSSR count). The van der Waals surface area contributed by atoms with Crippen LogP contribution in [-0.4, -0.2) is 47.8 Å². The smallest absolute Gasteiger partial charge is 0.260 e. The van der Waals surface area contributed by atoms with Gasteiger partial charge in [0.05, 0.1) is 0 Å². The number of benzene rings is 1. The van der Waals surface area contributed by atoms with Gasteiger partial charge in [0.15, 0.2) is 18.1 Å².